The van der Waals surface area contributed by atoms with E-state index in [0.29, 0.717) is 0 Å². The molecule has 18 heavy (non-hydrogen) atoms. The molecule has 0 spiro atoms. The number of aromatic nitrogens is 2. The molecule has 0 amide bonds. The topological polar surface area (TPSA) is 17.3 Å². The van der Waals surface area contributed by atoms with Crippen LogP contribution in [0.5, 0.6) is 0 Å². The van der Waals surface area contributed by atoms with Gasteiger partial charge in [-0.3, -0.25) is 0 Å². The summed E-state index contributed by atoms with van der Waals surface area (Å²) in [5.41, 5.74) is 3.86. The third kappa shape index (κ3) is 2.38. The zero-order valence-electron chi connectivity index (χ0n) is 9.80. The lowest BCUT2D eigenvalue weighted by molar-refractivity contribution is 0.628. The van der Waals surface area contributed by atoms with E-state index in [1.807, 2.05) is 35.9 Å². The Morgan fingerprint density at radius 3 is 2.56 bits per heavy atom. The van der Waals surface area contributed by atoms with Gasteiger partial charge in [-0.25, -0.2) is 9.37 Å². The average Bonchev–Trinajstić information content (AvgIpc) is 2.72. The van der Waals surface area contributed by atoms with E-state index < -0.39 is 0 Å². The van der Waals surface area contributed by atoms with Gasteiger partial charge in [0.05, 0.1) is 5.69 Å². The molecule has 0 atom stereocenters. The van der Waals surface area contributed by atoms with Crippen molar-refractivity contribution in [2.75, 3.05) is 0 Å². The number of fused-ring (bicyclic) bond motifs is 1. The molecule has 1 aromatic carbocycles. The van der Waals surface area contributed by atoms with E-state index in [4.69, 9.17) is 0 Å². The summed E-state index contributed by atoms with van der Waals surface area (Å²) in [5, 5.41) is 0. The van der Waals surface area contributed by atoms with Gasteiger partial charge in [0.15, 0.2) is 0 Å². The third-order valence-corrected chi connectivity index (χ3v) is 2.76. The van der Waals surface area contributed by atoms with E-state index in [-0.39, 0.29) is 29.8 Å². The lowest BCUT2D eigenvalue weighted by Crippen LogP contribution is -1.81. The predicted octanol–water partition coefficient (Wildman–Crippen LogP) is 4.07. The molecule has 0 unspecified atom stereocenters. The third-order valence-electron chi connectivity index (χ3n) is 2.76. The zero-order valence-corrected chi connectivity index (χ0v) is 12.1. The number of pyridine rings is 1. The quantitative estimate of drug-likeness (QED) is 0.603. The lowest BCUT2D eigenvalue weighted by atomic mass is 10.2. The van der Waals surface area contributed by atoms with Gasteiger partial charge in [-0.15, -0.1) is 24.0 Å². The summed E-state index contributed by atoms with van der Waals surface area (Å²) in [4.78, 5) is 4.51. The van der Waals surface area contributed by atoms with E-state index in [2.05, 4.69) is 4.98 Å². The molecule has 0 saturated carbocycles. The fourth-order valence-corrected chi connectivity index (χ4v) is 1.84. The highest BCUT2D eigenvalue weighted by atomic mass is 127. The Bertz CT molecular complexity index is 674. The SMILES string of the molecule is Cc1ccn2cc(-c3ccc(F)cc3)nc2c1.I. The summed E-state index contributed by atoms with van der Waals surface area (Å²) in [7, 11) is 0. The molecule has 4 heteroatoms. The fraction of sp³-hybridized carbons (Fsp3) is 0.0714. The molecule has 0 N–H and O–H groups in total. The normalized spacial score (nSPS) is 10.3. The van der Waals surface area contributed by atoms with Crippen molar-refractivity contribution in [2.45, 2.75) is 6.92 Å². The molecule has 0 saturated heterocycles. The predicted molar refractivity (Wildman–Crippen MR) is 80.7 cm³/mol. The smallest absolute Gasteiger partial charge is 0.137 e. The van der Waals surface area contributed by atoms with Crippen LogP contribution in [0.2, 0.25) is 0 Å². The van der Waals surface area contributed by atoms with Crippen LogP contribution in [0.3, 0.4) is 0 Å². The molecule has 0 aliphatic rings. The van der Waals surface area contributed by atoms with Crippen LogP contribution in [-0.4, -0.2) is 9.38 Å². The van der Waals surface area contributed by atoms with Crippen LogP contribution >= 0.6 is 24.0 Å². The summed E-state index contributed by atoms with van der Waals surface area (Å²) in [6.45, 7) is 2.03. The number of benzene rings is 1. The van der Waals surface area contributed by atoms with Crippen molar-refractivity contribution in [1.29, 1.82) is 0 Å². The van der Waals surface area contributed by atoms with Gasteiger partial charge >= 0.3 is 0 Å². The number of hydrogen-bond donors (Lipinski definition) is 0. The van der Waals surface area contributed by atoms with Gasteiger partial charge in [0.25, 0.3) is 0 Å². The molecular formula is C14H12FIN2. The maximum atomic E-state index is 12.8. The summed E-state index contributed by atoms with van der Waals surface area (Å²) >= 11 is 0. The van der Waals surface area contributed by atoms with Crippen molar-refractivity contribution in [2.24, 2.45) is 0 Å². The summed E-state index contributed by atoms with van der Waals surface area (Å²) in [6.07, 6.45) is 3.92. The Balaban J connectivity index is 0.00000120. The van der Waals surface area contributed by atoms with Crippen LogP contribution in [0.1, 0.15) is 5.56 Å². The largest absolute Gasteiger partial charge is 0.306 e. The van der Waals surface area contributed by atoms with E-state index >= 15 is 0 Å². The van der Waals surface area contributed by atoms with E-state index in [1.165, 1.54) is 17.7 Å². The Kier molecular flexibility index (Phi) is 3.65. The van der Waals surface area contributed by atoms with Crippen LogP contribution in [0.25, 0.3) is 16.9 Å². The van der Waals surface area contributed by atoms with E-state index in [1.54, 1.807) is 12.1 Å². The fourth-order valence-electron chi connectivity index (χ4n) is 1.84. The molecule has 3 aromatic rings. The van der Waals surface area contributed by atoms with E-state index in [0.717, 1.165) is 16.9 Å². The van der Waals surface area contributed by atoms with Crippen molar-refractivity contribution < 1.29 is 4.39 Å². The van der Waals surface area contributed by atoms with Crippen molar-refractivity contribution in [3.8, 4) is 11.3 Å². The van der Waals surface area contributed by atoms with Gasteiger partial charge in [-0.1, -0.05) is 0 Å². The van der Waals surface area contributed by atoms with Gasteiger partial charge in [-0.05, 0) is 48.9 Å². The van der Waals surface area contributed by atoms with Crippen LogP contribution in [-0.2, 0) is 0 Å². The Labute approximate surface area is 122 Å². The highest BCUT2D eigenvalue weighted by Crippen LogP contribution is 2.19. The number of rotatable bonds is 1. The van der Waals surface area contributed by atoms with Gasteiger partial charge in [-0.2, -0.15) is 0 Å². The first-order valence-corrected chi connectivity index (χ1v) is 5.44. The van der Waals surface area contributed by atoms with Gasteiger partial charge in [0, 0.05) is 18.0 Å². The molecular weight excluding hydrogens is 342 g/mol. The number of nitrogens with zero attached hydrogens (tertiary/aromatic N) is 2. The number of imidazole rings is 1. The molecule has 92 valence electrons. The van der Waals surface area contributed by atoms with Crippen LogP contribution in [0.4, 0.5) is 4.39 Å². The molecule has 0 fully saturated rings. The van der Waals surface area contributed by atoms with Crippen molar-refractivity contribution >= 4 is 29.6 Å². The van der Waals surface area contributed by atoms with Gasteiger partial charge in [0.2, 0.25) is 0 Å². The first kappa shape index (κ1) is 13.0. The second-order valence-corrected chi connectivity index (χ2v) is 4.10. The molecule has 0 aliphatic carbocycles. The number of aryl methyl sites for hydroxylation is 1. The highest BCUT2D eigenvalue weighted by molar-refractivity contribution is 14.0. The minimum Gasteiger partial charge on any atom is -0.306 e. The Morgan fingerprint density at radius 2 is 1.83 bits per heavy atom. The molecule has 2 nitrogen and oxygen atoms in total. The molecule has 0 radical (unpaired) electrons. The first-order valence-electron chi connectivity index (χ1n) is 5.44. The minimum absolute atomic E-state index is 0. The minimum atomic E-state index is -0.228. The average molecular weight is 354 g/mol. The highest BCUT2D eigenvalue weighted by Gasteiger charge is 2.04. The molecule has 0 aliphatic heterocycles. The van der Waals surface area contributed by atoms with Crippen molar-refractivity contribution in [3.63, 3.8) is 0 Å². The van der Waals surface area contributed by atoms with Crippen LogP contribution in [0, 0.1) is 12.7 Å². The summed E-state index contributed by atoms with van der Waals surface area (Å²) < 4.78 is 14.8. The zero-order chi connectivity index (χ0) is 11.8. The maximum absolute atomic E-state index is 12.8. The van der Waals surface area contributed by atoms with E-state index in [9.17, 15) is 4.39 Å². The van der Waals surface area contributed by atoms with Gasteiger partial charge < -0.3 is 4.40 Å². The molecule has 2 aromatic heterocycles. The number of halogens is 2. The van der Waals surface area contributed by atoms with Crippen LogP contribution in [0.15, 0.2) is 48.8 Å². The second kappa shape index (κ2) is 5.06. The van der Waals surface area contributed by atoms with Crippen molar-refractivity contribution in [1.82, 2.24) is 9.38 Å². The molecule has 3 rings (SSSR count). The second-order valence-electron chi connectivity index (χ2n) is 4.10. The first-order chi connectivity index (χ1) is 8.22. The standard InChI is InChI=1S/C14H11FN2.HI/c1-10-6-7-17-9-13(16-14(17)8-10)11-2-4-12(15)5-3-11;/h2-9H,1H3;1H. The Hall–Kier alpha value is -1.43. The van der Waals surface area contributed by atoms with Gasteiger partial charge in [0.1, 0.15) is 11.5 Å². The van der Waals surface area contributed by atoms with Crippen LogP contribution < -0.4 is 0 Å². The molecule has 0 bridgehead atoms. The monoisotopic (exact) mass is 354 g/mol. The number of hydrogen-bond acceptors (Lipinski definition) is 1. The Morgan fingerprint density at radius 1 is 1.11 bits per heavy atom. The molecule has 2 heterocycles. The van der Waals surface area contributed by atoms with Crippen molar-refractivity contribution in [3.05, 3.63) is 60.2 Å². The summed E-state index contributed by atoms with van der Waals surface area (Å²) in [5.74, 6) is -0.228. The summed E-state index contributed by atoms with van der Waals surface area (Å²) in [6, 6.07) is 10.4. The lowest BCUT2D eigenvalue weighted by Gasteiger charge is -1.94. The maximum Gasteiger partial charge on any atom is 0.137 e.